The fourth-order valence-corrected chi connectivity index (χ4v) is 2.61. The Hall–Kier alpha value is -1.68. The van der Waals surface area contributed by atoms with E-state index in [2.05, 4.69) is 5.32 Å². The third-order valence-electron chi connectivity index (χ3n) is 4.04. The number of ether oxygens (including phenoxy) is 1. The number of halogens is 1. The molecule has 1 aromatic rings. The Morgan fingerprint density at radius 1 is 1.33 bits per heavy atom. The maximum absolute atomic E-state index is 14.2. The van der Waals surface area contributed by atoms with Crippen LogP contribution in [0.3, 0.4) is 0 Å². The Kier molecular flexibility index (Phi) is 5.12. The van der Waals surface area contributed by atoms with Gasteiger partial charge < -0.3 is 10.1 Å². The number of amides is 1. The number of carbonyl (C=O) groups is 1. The van der Waals surface area contributed by atoms with Crippen LogP contribution in [-0.2, 0) is 9.53 Å². The molecule has 1 N–H and O–H groups in total. The van der Waals surface area contributed by atoms with E-state index >= 15 is 0 Å². The van der Waals surface area contributed by atoms with Crippen LogP contribution in [0.4, 0.5) is 4.39 Å². The molecule has 2 rings (SSSR count). The maximum atomic E-state index is 14.2. The van der Waals surface area contributed by atoms with Crippen molar-refractivity contribution < 1.29 is 13.9 Å². The van der Waals surface area contributed by atoms with Gasteiger partial charge in [-0.05, 0) is 50.8 Å². The van der Waals surface area contributed by atoms with E-state index in [1.165, 1.54) is 6.07 Å². The van der Waals surface area contributed by atoms with Crippen molar-refractivity contribution in [3.05, 3.63) is 40.7 Å². The van der Waals surface area contributed by atoms with Gasteiger partial charge in [-0.15, -0.1) is 0 Å². The molecule has 21 heavy (non-hydrogen) atoms. The normalized spacial score (nSPS) is 16.9. The summed E-state index contributed by atoms with van der Waals surface area (Å²) in [4.78, 5) is 12.5. The predicted octanol–water partition coefficient (Wildman–Crippen LogP) is 3.14. The van der Waals surface area contributed by atoms with Gasteiger partial charge in [0.2, 0.25) is 0 Å². The molecule has 0 aliphatic carbocycles. The van der Waals surface area contributed by atoms with Crippen molar-refractivity contribution in [2.24, 2.45) is 0 Å². The van der Waals surface area contributed by atoms with E-state index in [4.69, 9.17) is 4.74 Å². The van der Waals surface area contributed by atoms with Crippen LogP contribution in [0.2, 0.25) is 0 Å². The first-order valence-corrected chi connectivity index (χ1v) is 7.35. The van der Waals surface area contributed by atoms with Gasteiger partial charge in [-0.3, -0.25) is 4.79 Å². The molecule has 1 aliphatic rings. The van der Waals surface area contributed by atoms with E-state index in [9.17, 15) is 9.18 Å². The Labute approximate surface area is 125 Å². The molecule has 1 saturated heterocycles. The number of carbonyl (C=O) groups excluding carboxylic acids is 1. The van der Waals surface area contributed by atoms with Crippen LogP contribution < -0.4 is 5.32 Å². The van der Waals surface area contributed by atoms with Crippen molar-refractivity contribution >= 4 is 11.5 Å². The molecule has 0 spiro atoms. The topological polar surface area (TPSA) is 38.3 Å². The van der Waals surface area contributed by atoms with Gasteiger partial charge in [0, 0.05) is 30.4 Å². The Morgan fingerprint density at radius 3 is 2.62 bits per heavy atom. The molecule has 114 valence electrons. The third-order valence-corrected chi connectivity index (χ3v) is 4.04. The molecular weight excluding hydrogens is 269 g/mol. The SMILES string of the molecule is C/C=C(/C(=O)NC1CCOCC1)c1c(F)ccc(C)c1C. The molecule has 1 aliphatic heterocycles. The second kappa shape index (κ2) is 6.85. The largest absolute Gasteiger partial charge is 0.381 e. The number of nitrogens with one attached hydrogen (secondary N) is 1. The lowest BCUT2D eigenvalue weighted by molar-refractivity contribution is -0.116. The van der Waals surface area contributed by atoms with E-state index in [1.807, 2.05) is 13.8 Å². The van der Waals surface area contributed by atoms with E-state index < -0.39 is 0 Å². The second-order valence-electron chi connectivity index (χ2n) is 5.43. The lowest BCUT2D eigenvalue weighted by Gasteiger charge is -2.24. The van der Waals surface area contributed by atoms with Crippen LogP contribution in [0.1, 0.15) is 36.5 Å². The summed E-state index contributed by atoms with van der Waals surface area (Å²) in [6.07, 6.45) is 3.29. The van der Waals surface area contributed by atoms with Crippen molar-refractivity contribution in [1.29, 1.82) is 0 Å². The molecule has 0 unspecified atom stereocenters. The Balaban J connectivity index is 2.24. The predicted molar refractivity (Wildman–Crippen MR) is 81.5 cm³/mol. The standard InChI is InChI=1S/C17H22FNO2/c1-4-14(16-12(3)11(2)5-6-15(16)18)17(20)19-13-7-9-21-10-8-13/h4-6,13H,7-10H2,1-3H3,(H,19,20)/b14-4+. The molecule has 0 atom stereocenters. The first-order valence-electron chi connectivity index (χ1n) is 7.35. The zero-order chi connectivity index (χ0) is 15.4. The first kappa shape index (κ1) is 15.7. The fourth-order valence-electron chi connectivity index (χ4n) is 2.61. The van der Waals surface area contributed by atoms with Gasteiger partial charge in [-0.1, -0.05) is 12.1 Å². The number of allylic oxidation sites excluding steroid dienone is 1. The van der Waals surface area contributed by atoms with Crippen molar-refractivity contribution in [3.8, 4) is 0 Å². The Morgan fingerprint density at radius 2 is 2.00 bits per heavy atom. The number of aryl methyl sites for hydroxylation is 1. The van der Waals surface area contributed by atoms with E-state index in [-0.39, 0.29) is 17.8 Å². The van der Waals surface area contributed by atoms with E-state index in [1.54, 1.807) is 19.1 Å². The first-order chi connectivity index (χ1) is 10.0. The van der Waals surface area contributed by atoms with Gasteiger partial charge in [0.05, 0.1) is 0 Å². The lowest BCUT2D eigenvalue weighted by Crippen LogP contribution is -2.39. The minimum absolute atomic E-state index is 0.106. The summed E-state index contributed by atoms with van der Waals surface area (Å²) in [7, 11) is 0. The summed E-state index contributed by atoms with van der Waals surface area (Å²) in [5, 5.41) is 2.99. The summed E-state index contributed by atoms with van der Waals surface area (Å²) >= 11 is 0. The average Bonchev–Trinajstić information content (AvgIpc) is 2.48. The molecule has 0 bridgehead atoms. The van der Waals surface area contributed by atoms with Crippen molar-refractivity contribution in [2.75, 3.05) is 13.2 Å². The van der Waals surface area contributed by atoms with Crippen molar-refractivity contribution in [2.45, 2.75) is 39.7 Å². The van der Waals surface area contributed by atoms with E-state index in [0.717, 1.165) is 24.0 Å². The van der Waals surface area contributed by atoms with Gasteiger partial charge in [-0.2, -0.15) is 0 Å². The summed E-state index contributed by atoms with van der Waals surface area (Å²) in [5.74, 6) is -0.565. The highest BCUT2D eigenvalue weighted by Gasteiger charge is 2.22. The van der Waals surface area contributed by atoms with Crippen molar-refractivity contribution in [3.63, 3.8) is 0 Å². The molecular formula is C17H22FNO2. The molecule has 4 heteroatoms. The summed E-state index contributed by atoms with van der Waals surface area (Å²) in [6, 6.07) is 3.26. The minimum atomic E-state index is -0.353. The van der Waals surface area contributed by atoms with Gasteiger partial charge in [0.1, 0.15) is 5.82 Å². The average molecular weight is 291 g/mol. The third kappa shape index (κ3) is 3.50. The van der Waals surface area contributed by atoms with Gasteiger partial charge in [0.15, 0.2) is 0 Å². The highest BCUT2D eigenvalue weighted by molar-refractivity contribution is 6.20. The number of rotatable bonds is 3. The van der Waals surface area contributed by atoms with Crippen LogP contribution in [-0.4, -0.2) is 25.2 Å². The number of hydrogen-bond acceptors (Lipinski definition) is 2. The van der Waals surface area contributed by atoms with Crippen LogP contribution in [0.5, 0.6) is 0 Å². The van der Waals surface area contributed by atoms with E-state index in [0.29, 0.717) is 24.4 Å². The summed E-state index contributed by atoms with van der Waals surface area (Å²) < 4.78 is 19.4. The molecule has 0 radical (unpaired) electrons. The fraction of sp³-hybridized carbons (Fsp3) is 0.471. The summed E-state index contributed by atoms with van der Waals surface area (Å²) in [5.41, 5.74) is 2.59. The quantitative estimate of drug-likeness (QED) is 0.869. The van der Waals surface area contributed by atoms with Gasteiger partial charge in [-0.25, -0.2) is 4.39 Å². The monoisotopic (exact) mass is 291 g/mol. The molecule has 1 heterocycles. The zero-order valence-electron chi connectivity index (χ0n) is 12.8. The van der Waals surface area contributed by atoms with Crippen LogP contribution in [0.25, 0.3) is 5.57 Å². The molecule has 1 amide bonds. The highest BCUT2D eigenvalue weighted by atomic mass is 19.1. The van der Waals surface area contributed by atoms with Crippen LogP contribution in [0, 0.1) is 19.7 Å². The number of benzene rings is 1. The second-order valence-corrected chi connectivity index (χ2v) is 5.43. The smallest absolute Gasteiger partial charge is 0.251 e. The molecule has 1 aromatic carbocycles. The molecule has 3 nitrogen and oxygen atoms in total. The molecule has 0 saturated carbocycles. The van der Waals surface area contributed by atoms with Crippen molar-refractivity contribution in [1.82, 2.24) is 5.32 Å². The van der Waals surface area contributed by atoms with Crippen LogP contribution in [0.15, 0.2) is 18.2 Å². The number of hydrogen-bond donors (Lipinski definition) is 1. The lowest BCUT2D eigenvalue weighted by atomic mass is 9.95. The Bertz CT molecular complexity index is 560. The van der Waals surface area contributed by atoms with Crippen LogP contribution >= 0.6 is 0 Å². The molecule has 1 fully saturated rings. The molecule has 0 aromatic heterocycles. The highest BCUT2D eigenvalue weighted by Crippen LogP contribution is 2.25. The van der Waals surface area contributed by atoms with Gasteiger partial charge in [0.25, 0.3) is 5.91 Å². The maximum Gasteiger partial charge on any atom is 0.251 e. The summed E-state index contributed by atoms with van der Waals surface area (Å²) in [6.45, 7) is 6.85. The van der Waals surface area contributed by atoms with Gasteiger partial charge >= 0.3 is 0 Å². The minimum Gasteiger partial charge on any atom is -0.381 e. The zero-order valence-corrected chi connectivity index (χ0v) is 12.8.